The maximum Gasteiger partial charge on any atom is 0.269 e. The van der Waals surface area contributed by atoms with Crippen LogP contribution in [0.25, 0.3) is 10.9 Å². The number of rotatable bonds is 7. The fraction of sp³-hybridized carbons (Fsp3) is 0.130. The van der Waals surface area contributed by atoms with Crippen molar-refractivity contribution in [1.29, 1.82) is 0 Å². The third-order valence-electron chi connectivity index (χ3n) is 5.16. The summed E-state index contributed by atoms with van der Waals surface area (Å²) in [6.45, 7) is 0.378. The number of nitro benzene ring substituents is 1. The minimum Gasteiger partial charge on any atom is -0.361 e. The molecule has 0 saturated carbocycles. The number of nitrogens with one attached hydrogen (secondary N) is 2. The van der Waals surface area contributed by atoms with Crippen LogP contribution in [-0.4, -0.2) is 20.8 Å². The molecule has 0 aliphatic heterocycles. The number of nitrogens with zero attached hydrogens (tertiary/aromatic N) is 2. The van der Waals surface area contributed by atoms with E-state index < -0.39 is 4.92 Å². The minimum atomic E-state index is -0.434. The monoisotopic (exact) mass is 434 g/mol. The molecular formula is C23H19ClN4O3. The van der Waals surface area contributed by atoms with Crippen LogP contribution in [0.3, 0.4) is 0 Å². The molecule has 7 nitrogen and oxygen atoms in total. The number of non-ortho nitro benzene ring substituents is 1. The fourth-order valence-corrected chi connectivity index (χ4v) is 3.80. The number of H-pyrrole nitrogens is 1. The highest BCUT2D eigenvalue weighted by Crippen LogP contribution is 2.35. The summed E-state index contributed by atoms with van der Waals surface area (Å²) in [7, 11) is 0. The van der Waals surface area contributed by atoms with Crippen LogP contribution in [-0.2, 0) is 11.3 Å². The Morgan fingerprint density at radius 3 is 2.74 bits per heavy atom. The Morgan fingerprint density at radius 1 is 1.16 bits per heavy atom. The summed E-state index contributed by atoms with van der Waals surface area (Å²) in [5.41, 5.74) is 3.35. The quantitative estimate of drug-likeness (QED) is 0.317. The van der Waals surface area contributed by atoms with Gasteiger partial charge in [0.05, 0.1) is 4.92 Å². The second-order valence-electron chi connectivity index (χ2n) is 7.17. The maximum atomic E-state index is 12.8. The molecule has 0 fully saturated rings. The van der Waals surface area contributed by atoms with E-state index >= 15 is 0 Å². The molecular weight excluding hydrogens is 416 g/mol. The van der Waals surface area contributed by atoms with Crippen molar-refractivity contribution in [2.24, 2.45) is 0 Å². The van der Waals surface area contributed by atoms with E-state index in [-0.39, 0.29) is 23.9 Å². The Hall–Kier alpha value is -3.71. The lowest BCUT2D eigenvalue weighted by atomic mass is 9.87. The van der Waals surface area contributed by atoms with Gasteiger partial charge in [-0.2, -0.15) is 0 Å². The van der Waals surface area contributed by atoms with Crippen molar-refractivity contribution in [2.45, 2.75) is 18.9 Å². The third-order valence-corrected chi connectivity index (χ3v) is 5.40. The van der Waals surface area contributed by atoms with Gasteiger partial charge >= 0.3 is 0 Å². The van der Waals surface area contributed by atoms with Gasteiger partial charge in [0.2, 0.25) is 5.91 Å². The van der Waals surface area contributed by atoms with Crippen molar-refractivity contribution in [3.8, 4) is 0 Å². The molecule has 0 aliphatic rings. The first kappa shape index (κ1) is 20.6. The zero-order valence-corrected chi connectivity index (χ0v) is 17.2. The molecule has 0 aliphatic carbocycles. The van der Waals surface area contributed by atoms with Crippen molar-refractivity contribution in [2.75, 3.05) is 0 Å². The van der Waals surface area contributed by atoms with E-state index in [1.807, 2.05) is 30.5 Å². The second-order valence-corrected chi connectivity index (χ2v) is 7.61. The number of aromatic amines is 1. The normalized spacial score (nSPS) is 11.9. The lowest BCUT2D eigenvalue weighted by Crippen LogP contribution is -2.25. The van der Waals surface area contributed by atoms with Gasteiger partial charge in [-0.15, -0.1) is 0 Å². The van der Waals surface area contributed by atoms with Crippen LogP contribution >= 0.6 is 11.6 Å². The van der Waals surface area contributed by atoms with Crippen LogP contribution in [0, 0.1) is 10.1 Å². The smallest absolute Gasteiger partial charge is 0.269 e. The number of amides is 1. The van der Waals surface area contributed by atoms with Gasteiger partial charge in [-0.1, -0.05) is 23.7 Å². The molecule has 156 valence electrons. The molecule has 4 aromatic rings. The highest BCUT2D eigenvalue weighted by atomic mass is 35.5. The van der Waals surface area contributed by atoms with Gasteiger partial charge in [-0.25, -0.2) is 0 Å². The van der Waals surface area contributed by atoms with Gasteiger partial charge in [-0.05, 0) is 47.0 Å². The van der Waals surface area contributed by atoms with Gasteiger partial charge in [-0.3, -0.25) is 19.9 Å². The molecule has 0 spiro atoms. The molecule has 2 aromatic carbocycles. The molecule has 1 amide bonds. The second kappa shape index (κ2) is 8.97. The van der Waals surface area contributed by atoms with E-state index in [9.17, 15) is 14.9 Å². The van der Waals surface area contributed by atoms with E-state index in [0.717, 1.165) is 22.0 Å². The first-order chi connectivity index (χ1) is 15.0. The predicted molar refractivity (Wildman–Crippen MR) is 119 cm³/mol. The summed E-state index contributed by atoms with van der Waals surface area (Å²) < 4.78 is 0. The summed E-state index contributed by atoms with van der Waals surface area (Å²) in [6, 6.07) is 15.6. The molecule has 2 heterocycles. The largest absolute Gasteiger partial charge is 0.361 e. The number of pyridine rings is 1. The Morgan fingerprint density at radius 2 is 1.97 bits per heavy atom. The van der Waals surface area contributed by atoms with Crippen LogP contribution in [0.5, 0.6) is 0 Å². The highest BCUT2D eigenvalue weighted by molar-refractivity contribution is 6.31. The molecule has 0 radical (unpaired) electrons. The highest BCUT2D eigenvalue weighted by Gasteiger charge is 2.23. The molecule has 8 heteroatoms. The SMILES string of the molecule is O=C(CC(c1cccc([N+](=O)[O-])c1)c1c[nH]c2ccc(Cl)cc12)NCc1ccncc1. The average Bonchev–Trinajstić information content (AvgIpc) is 3.19. The topological polar surface area (TPSA) is 101 Å². The van der Waals surface area contributed by atoms with Crippen molar-refractivity contribution < 1.29 is 9.72 Å². The number of nitro groups is 1. The first-order valence-corrected chi connectivity index (χ1v) is 10.1. The van der Waals surface area contributed by atoms with Crippen LogP contribution in [0.15, 0.2) is 73.2 Å². The van der Waals surface area contributed by atoms with Gasteiger partial charge in [0.1, 0.15) is 0 Å². The summed E-state index contributed by atoms with van der Waals surface area (Å²) in [5.74, 6) is -0.547. The average molecular weight is 435 g/mol. The van der Waals surface area contributed by atoms with E-state index in [4.69, 9.17) is 11.6 Å². The number of aromatic nitrogens is 2. The summed E-state index contributed by atoms with van der Waals surface area (Å²) in [5, 5.41) is 15.7. The predicted octanol–water partition coefficient (Wildman–Crippen LogP) is 4.96. The number of halogens is 1. The van der Waals surface area contributed by atoms with Gasteiger partial charge in [0, 0.05) is 65.5 Å². The van der Waals surface area contributed by atoms with E-state index in [2.05, 4.69) is 15.3 Å². The Kier molecular flexibility index (Phi) is 5.95. The number of carbonyl (C=O) groups excluding carboxylic acids is 1. The maximum absolute atomic E-state index is 12.8. The summed E-state index contributed by atoms with van der Waals surface area (Å²) in [6.07, 6.45) is 5.30. The fourth-order valence-electron chi connectivity index (χ4n) is 3.62. The van der Waals surface area contributed by atoms with Crippen LogP contribution < -0.4 is 5.32 Å². The van der Waals surface area contributed by atoms with Crippen molar-refractivity contribution in [3.63, 3.8) is 0 Å². The summed E-state index contributed by atoms with van der Waals surface area (Å²) in [4.78, 5) is 30.9. The number of carbonyl (C=O) groups is 1. The Bertz CT molecular complexity index is 1240. The van der Waals surface area contributed by atoms with E-state index in [0.29, 0.717) is 17.1 Å². The third kappa shape index (κ3) is 4.73. The minimum absolute atomic E-state index is 0.0161. The van der Waals surface area contributed by atoms with Gasteiger partial charge in [0.15, 0.2) is 0 Å². The molecule has 1 unspecified atom stereocenters. The first-order valence-electron chi connectivity index (χ1n) is 9.68. The zero-order valence-electron chi connectivity index (χ0n) is 16.4. The number of fused-ring (bicyclic) bond motifs is 1. The van der Waals surface area contributed by atoms with Gasteiger partial charge in [0.25, 0.3) is 5.69 Å². The standard InChI is InChI=1S/C23H19ClN4O3/c24-17-4-5-22-20(11-17)21(14-26-22)19(16-2-1-3-18(10-16)28(30)31)12-23(29)27-13-15-6-8-25-9-7-15/h1-11,14,19,26H,12-13H2,(H,27,29). The Balaban J connectivity index is 1.67. The number of hydrogen-bond acceptors (Lipinski definition) is 4. The lowest BCUT2D eigenvalue weighted by molar-refractivity contribution is -0.384. The lowest BCUT2D eigenvalue weighted by Gasteiger charge is -2.17. The molecule has 0 saturated heterocycles. The van der Waals surface area contributed by atoms with Crippen molar-refractivity contribution in [1.82, 2.24) is 15.3 Å². The van der Waals surface area contributed by atoms with E-state index in [1.54, 1.807) is 30.6 Å². The number of benzene rings is 2. The molecule has 1 atom stereocenters. The van der Waals surface area contributed by atoms with Crippen LogP contribution in [0.1, 0.15) is 29.0 Å². The Labute approximate surface area is 183 Å². The molecule has 2 N–H and O–H groups in total. The zero-order chi connectivity index (χ0) is 21.8. The van der Waals surface area contributed by atoms with E-state index in [1.165, 1.54) is 12.1 Å². The molecule has 31 heavy (non-hydrogen) atoms. The van der Waals surface area contributed by atoms with Crippen LogP contribution in [0.2, 0.25) is 5.02 Å². The molecule has 0 bridgehead atoms. The molecule has 2 aromatic heterocycles. The van der Waals surface area contributed by atoms with Crippen LogP contribution in [0.4, 0.5) is 5.69 Å². The molecule has 4 rings (SSSR count). The summed E-state index contributed by atoms with van der Waals surface area (Å²) >= 11 is 6.20. The van der Waals surface area contributed by atoms with Gasteiger partial charge < -0.3 is 10.3 Å². The van der Waals surface area contributed by atoms with Crippen molar-refractivity contribution in [3.05, 3.63) is 105 Å². The van der Waals surface area contributed by atoms with Crippen molar-refractivity contribution >= 4 is 34.1 Å². The number of hydrogen-bond donors (Lipinski definition) is 2.